The van der Waals surface area contributed by atoms with Gasteiger partial charge in [0.2, 0.25) is 0 Å². The van der Waals surface area contributed by atoms with Crippen LogP contribution in [0.2, 0.25) is 0 Å². The van der Waals surface area contributed by atoms with Crippen LogP contribution >= 0.6 is 0 Å². The fraction of sp³-hybridized carbons (Fsp3) is 0.474. The minimum Gasteiger partial charge on any atom is -0.295 e. The molecule has 3 aromatic heterocycles. The molecule has 134 valence electrons. The first kappa shape index (κ1) is 16.6. The second kappa shape index (κ2) is 5.84. The molecule has 0 bridgehead atoms. The minimum absolute atomic E-state index is 0.00405. The first-order valence-corrected chi connectivity index (χ1v) is 9.06. The van der Waals surface area contributed by atoms with Crippen molar-refractivity contribution in [1.82, 2.24) is 24.4 Å². The number of H-pyrrole nitrogens is 1. The third-order valence-electron chi connectivity index (χ3n) is 4.88. The lowest BCUT2D eigenvalue weighted by Crippen LogP contribution is -2.23. The number of fused-ring (bicyclic) bond motifs is 1. The van der Waals surface area contributed by atoms with Crippen LogP contribution in [0.1, 0.15) is 75.2 Å². The van der Waals surface area contributed by atoms with E-state index in [2.05, 4.69) is 31.1 Å². The van der Waals surface area contributed by atoms with Crippen molar-refractivity contribution in [2.75, 3.05) is 0 Å². The molecule has 0 aliphatic heterocycles. The summed E-state index contributed by atoms with van der Waals surface area (Å²) in [7, 11) is 0. The van der Waals surface area contributed by atoms with Crippen LogP contribution in [0.25, 0.3) is 17.0 Å². The molecule has 0 saturated heterocycles. The minimum atomic E-state index is -0.161. The van der Waals surface area contributed by atoms with Crippen LogP contribution in [0.3, 0.4) is 0 Å². The zero-order chi connectivity index (χ0) is 18.6. The zero-order valence-corrected chi connectivity index (χ0v) is 15.4. The predicted octanol–water partition coefficient (Wildman–Crippen LogP) is 3.34. The highest BCUT2D eigenvalue weighted by Gasteiger charge is 2.30. The van der Waals surface area contributed by atoms with Crippen LogP contribution in [0, 0.1) is 11.3 Å². The average Bonchev–Trinajstić information content (AvgIpc) is 3.20. The molecule has 7 nitrogen and oxygen atoms in total. The Labute approximate surface area is 151 Å². The van der Waals surface area contributed by atoms with E-state index in [9.17, 15) is 10.1 Å². The molecule has 0 spiro atoms. The summed E-state index contributed by atoms with van der Waals surface area (Å²) in [5.74, 6) is 0.513. The number of hydrogen-bond acceptors (Lipinski definition) is 4. The molecule has 1 aliphatic rings. The van der Waals surface area contributed by atoms with Crippen molar-refractivity contribution in [1.29, 1.82) is 5.26 Å². The third kappa shape index (κ3) is 2.45. The Kier molecular flexibility index (Phi) is 3.72. The molecule has 0 atom stereocenters. The summed E-state index contributed by atoms with van der Waals surface area (Å²) in [6, 6.07) is 4.32. The Balaban J connectivity index is 2.06. The van der Waals surface area contributed by atoms with Crippen LogP contribution in [-0.2, 0) is 0 Å². The Morgan fingerprint density at radius 1 is 1.31 bits per heavy atom. The lowest BCUT2D eigenvalue weighted by Gasteiger charge is -2.15. The topological polar surface area (TPSA) is 91.8 Å². The van der Waals surface area contributed by atoms with Crippen molar-refractivity contribution >= 4 is 5.65 Å². The SMILES string of the molecule is CC(C)c1c(-c2cc(C3CC3)nn2C(C)C)nc2c(C#N)c[nH]n2c1=O. The van der Waals surface area contributed by atoms with Gasteiger partial charge in [-0.25, -0.2) is 9.50 Å². The summed E-state index contributed by atoms with van der Waals surface area (Å²) >= 11 is 0. The van der Waals surface area contributed by atoms with E-state index < -0.39 is 0 Å². The fourth-order valence-corrected chi connectivity index (χ4v) is 3.39. The molecule has 3 aromatic rings. The van der Waals surface area contributed by atoms with E-state index >= 15 is 0 Å². The van der Waals surface area contributed by atoms with E-state index in [0.717, 1.165) is 24.2 Å². The maximum Gasteiger partial charge on any atom is 0.276 e. The number of rotatable bonds is 4. The molecule has 26 heavy (non-hydrogen) atoms. The summed E-state index contributed by atoms with van der Waals surface area (Å²) in [4.78, 5) is 17.8. The van der Waals surface area contributed by atoms with Gasteiger partial charge in [-0.1, -0.05) is 13.8 Å². The van der Waals surface area contributed by atoms with Crippen LogP contribution in [-0.4, -0.2) is 24.4 Å². The van der Waals surface area contributed by atoms with E-state index in [1.807, 2.05) is 18.5 Å². The van der Waals surface area contributed by atoms with Gasteiger partial charge < -0.3 is 0 Å². The van der Waals surface area contributed by atoms with Gasteiger partial charge in [0.15, 0.2) is 5.65 Å². The van der Waals surface area contributed by atoms with Gasteiger partial charge in [0, 0.05) is 23.7 Å². The molecule has 0 aromatic carbocycles. The van der Waals surface area contributed by atoms with Crippen molar-refractivity contribution in [3.8, 4) is 17.5 Å². The number of nitriles is 1. The summed E-state index contributed by atoms with van der Waals surface area (Å²) in [5.41, 5.74) is 3.76. The molecule has 0 unspecified atom stereocenters. The van der Waals surface area contributed by atoms with Crippen molar-refractivity contribution in [3.05, 3.63) is 39.4 Å². The third-order valence-corrected chi connectivity index (χ3v) is 4.88. The van der Waals surface area contributed by atoms with E-state index in [1.54, 1.807) is 0 Å². The number of nitrogens with one attached hydrogen (secondary N) is 1. The molecule has 3 heterocycles. The van der Waals surface area contributed by atoms with Gasteiger partial charge in [-0.15, -0.1) is 0 Å². The van der Waals surface area contributed by atoms with Crippen molar-refractivity contribution in [2.45, 2.75) is 58.4 Å². The number of hydrogen-bond donors (Lipinski definition) is 1. The van der Waals surface area contributed by atoms with Gasteiger partial charge in [-0.3, -0.25) is 14.6 Å². The smallest absolute Gasteiger partial charge is 0.276 e. The predicted molar refractivity (Wildman–Crippen MR) is 98.2 cm³/mol. The quantitative estimate of drug-likeness (QED) is 0.781. The maximum atomic E-state index is 13.1. The lowest BCUT2D eigenvalue weighted by molar-refractivity contribution is 0.531. The van der Waals surface area contributed by atoms with Crippen molar-refractivity contribution in [2.24, 2.45) is 0 Å². The van der Waals surface area contributed by atoms with Gasteiger partial charge in [0.05, 0.1) is 17.1 Å². The monoisotopic (exact) mass is 350 g/mol. The van der Waals surface area contributed by atoms with Gasteiger partial charge >= 0.3 is 0 Å². The first-order valence-electron chi connectivity index (χ1n) is 9.06. The molecule has 4 rings (SSSR count). The largest absolute Gasteiger partial charge is 0.295 e. The van der Waals surface area contributed by atoms with Crippen molar-refractivity contribution in [3.63, 3.8) is 0 Å². The van der Waals surface area contributed by atoms with Gasteiger partial charge in [0.25, 0.3) is 5.56 Å². The van der Waals surface area contributed by atoms with Crippen LogP contribution < -0.4 is 5.56 Å². The normalized spacial score (nSPS) is 14.5. The van der Waals surface area contributed by atoms with Crippen LogP contribution in [0.15, 0.2) is 17.1 Å². The molecule has 0 radical (unpaired) electrons. The highest BCUT2D eigenvalue weighted by Crippen LogP contribution is 2.41. The standard InChI is InChI=1S/C19H22N6O/c1-10(2)16-17(22-18-13(8-20)9-21-25(18)19(16)26)15-7-14(12-5-6-12)23-24(15)11(3)4/h7,9-12,21H,5-6H2,1-4H3. The molecule has 0 amide bonds. The molecular weight excluding hydrogens is 328 g/mol. The number of aromatic nitrogens is 5. The highest BCUT2D eigenvalue weighted by molar-refractivity contribution is 5.66. The Bertz CT molecular complexity index is 1090. The molecule has 1 fully saturated rings. The van der Waals surface area contributed by atoms with Gasteiger partial charge in [-0.2, -0.15) is 10.4 Å². The summed E-state index contributed by atoms with van der Waals surface area (Å²) in [5, 5.41) is 17.0. The molecule has 1 saturated carbocycles. The van der Waals surface area contributed by atoms with E-state index in [4.69, 9.17) is 10.1 Å². The second-order valence-corrected chi connectivity index (χ2v) is 7.56. The second-order valence-electron chi connectivity index (χ2n) is 7.56. The van der Waals surface area contributed by atoms with E-state index in [1.165, 1.54) is 10.7 Å². The van der Waals surface area contributed by atoms with Crippen LogP contribution in [0.5, 0.6) is 0 Å². The molecule has 1 N–H and O–H groups in total. The average molecular weight is 350 g/mol. The maximum absolute atomic E-state index is 13.1. The Hall–Kier alpha value is -2.88. The van der Waals surface area contributed by atoms with E-state index in [-0.39, 0.29) is 17.5 Å². The summed E-state index contributed by atoms with van der Waals surface area (Å²) < 4.78 is 3.31. The first-order chi connectivity index (χ1) is 12.4. The summed E-state index contributed by atoms with van der Waals surface area (Å²) in [6.07, 6.45) is 3.85. The zero-order valence-electron chi connectivity index (χ0n) is 15.4. The number of aromatic amines is 1. The number of nitrogens with zero attached hydrogens (tertiary/aromatic N) is 5. The Morgan fingerprint density at radius 2 is 2.04 bits per heavy atom. The Morgan fingerprint density at radius 3 is 2.62 bits per heavy atom. The lowest BCUT2D eigenvalue weighted by atomic mass is 10.0. The molecular formula is C19H22N6O. The van der Waals surface area contributed by atoms with Crippen LogP contribution in [0.4, 0.5) is 0 Å². The highest BCUT2D eigenvalue weighted by atomic mass is 16.1. The van der Waals surface area contributed by atoms with E-state index in [0.29, 0.717) is 28.4 Å². The van der Waals surface area contributed by atoms with Gasteiger partial charge in [-0.05, 0) is 38.7 Å². The van der Waals surface area contributed by atoms with Crippen molar-refractivity contribution < 1.29 is 0 Å². The fourth-order valence-electron chi connectivity index (χ4n) is 3.39. The molecule has 1 aliphatic carbocycles. The van der Waals surface area contributed by atoms with Gasteiger partial charge in [0.1, 0.15) is 11.6 Å². The summed E-state index contributed by atoms with van der Waals surface area (Å²) in [6.45, 7) is 8.12. The molecule has 7 heteroatoms.